The van der Waals surface area contributed by atoms with E-state index in [2.05, 4.69) is 99.2 Å². The molecular weight excluding hydrogens is 552 g/mol. The van der Waals surface area contributed by atoms with Crippen LogP contribution >= 0.6 is 0 Å². The Balaban J connectivity index is 1.52. The average molecular weight is 603 g/mol. The molecule has 0 saturated carbocycles. The van der Waals surface area contributed by atoms with Crippen LogP contribution in [0.25, 0.3) is 43.6 Å². The van der Waals surface area contributed by atoms with E-state index >= 15 is 0 Å². The van der Waals surface area contributed by atoms with Gasteiger partial charge < -0.3 is 13.9 Å². The highest BCUT2D eigenvalue weighted by Crippen LogP contribution is 2.41. The largest absolute Gasteiger partial charge is 0.491 e. The fourth-order valence-electron chi connectivity index (χ4n) is 7.38. The highest BCUT2D eigenvalue weighted by atomic mass is 16.5. The Hall–Kier alpha value is -3.86. The molecule has 0 bridgehead atoms. The minimum atomic E-state index is 0.0523. The molecule has 0 N–H and O–H groups in total. The first kappa shape index (κ1) is 31.1. The van der Waals surface area contributed by atoms with Crippen molar-refractivity contribution in [2.75, 3.05) is 0 Å². The first-order valence-corrected chi connectivity index (χ1v) is 17.3. The van der Waals surface area contributed by atoms with Crippen molar-refractivity contribution in [3.8, 4) is 5.75 Å². The van der Waals surface area contributed by atoms with Crippen LogP contribution in [0.4, 0.5) is 0 Å². The van der Waals surface area contributed by atoms with Crippen LogP contribution in [0.2, 0.25) is 0 Å². The number of aromatic nitrogens is 4. The summed E-state index contributed by atoms with van der Waals surface area (Å²) in [5.74, 6) is 0.907. The molecule has 0 aliphatic rings. The van der Waals surface area contributed by atoms with Crippen molar-refractivity contribution in [2.24, 2.45) is 0 Å². The van der Waals surface area contributed by atoms with Gasteiger partial charge >= 0.3 is 0 Å². The SMILES string of the molecule is CCCCCCCCCCCC(n1c2cc(C)ccc2c2ccnc(C)c21)n1c2cc(OC(C)C)ccc2c2ccnc(C)c21. The molecule has 2 aromatic carbocycles. The summed E-state index contributed by atoms with van der Waals surface area (Å²) in [4.78, 5) is 9.66. The lowest BCUT2D eigenvalue weighted by Crippen LogP contribution is -2.19. The molecule has 6 rings (SSSR count). The number of pyridine rings is 2. The van der Waals surface area contributed by atoms with Crippen molar-refractivity contribution in [1.29, 1.82) is 0 Å². The van der Waals surface area contributed by atoms with Crippen LogP contribution in [0, 0.1) is 20.8 Å². The second kappa shape index (κ2) is 13.6. The Labute approximate surface area is 268 Å². The predicted molar refractivity (Wildman–Crippen MR) is 191 cm³/mol. The highest BCUT2D eigenvalue weighted by Gasteiger charge is 2.26. The number of aryl methyl sites for hydroxylation is 3. The molecule has 236 valence electrons. The molecule has 0 aliphatic carbocycles. The van der Waals surface area contributed by atoms with Gasteiger partial charge in [0.1, 0.15) is 11.9 Å². The van der Waals surface area contributed by atoms with E-state index in [1.165, 1.54) is 101 Å². The van der Waals surface area contributed by atoms with Gasteiger partial charge in [0, 0.05) is 40.0 Å². The first-order chi connectivity index (χ1) is 21.9. The number of benzene rings is 2. The maximum Gasteiger partial charge on any atom is 0.121 e. The van der Waals surface area contributed by atoms with Crippen LogP contribution in [0.3, 0.4) is 0 Å². The van der Waals surface area contributed by atoms with E-state index in [4.69, 9.17) is 14.7 Å². The zero-order chi connectivity index (χ0) is 31.5. The molecule has 0 saturated heterocycles. The van der Waals surface area contributed by atoms with E-state index < -0.39 is 0 Å². The quantitative estimate of drug-likeness (QED) is 0.117. The topological polar surface area (TPSA) is 44.9 Å². The summed E-state index contributed by atoms with van der Waals surface area (Å²) in [6.45, 7) is 13.0. The second-order valence-corrected chi connectivity index (χ2v) is 13.3. The van der Waals surface area contributed by atoms with E-state index in [9.17, 15) is 0 Å². The normalized spacial score (nSPS) is 12.8. The molecule has 5 nitrogen and oxygen atoms in total. The Kier molecular flexibility index (Phi) is 9.44. The molecule has 6 aromatic rings. The lowest BCUT2D eigenvalue weighted by Gasteiger charge is -2.26. The average Bonchev–Trinajstić information content (AvgIpc) is 3.52. The van der Waals surface area contributed by atoms with E-state index in [1.807, 2.05) is 12.4 Å². The number of nitrogens with zero attached hydrogens (tertiary/aromatic N) is 4. The summed E-state index contributed by atoms with van der Waals surface area (Å²) in [7, 11) is 0. The molecule has 5 heteroatoms. The lowest BCUT2D eigenvalue weighted by molar-refractivity contribution is 0.242. The van der Waals surface area contributed by atoms with E-state index in [1.54, 1.807) is 0 Å². The van der Waals surface area contributed by atoms with Crippen molar-refractivity contribution in [2.45, 2.75) is 118 Å². The third-order valence-electron chi connectivity index (χ3n) is 9.45. The van der Waals surface area contributed by atoms with E-state index in [0.29, 0.717) is 0 Å². The minimum absolute atomic E-state index is 0.0523. The van der Waals surface area contributed by atoms with Crippen molar-refractivity contribution in [1.82, 2.24) is 19.1 Å². The maximum absolute atomic E-state index is 6.26. The van der Waals surface area contributed by atoms with Gasteiger partial charge in [0.2, 0.25) is 0 Å². The Morgan fingerprint density at radius 3 is 1.73 bits per heavy atom. The van der Waals surface area contributed by atoms with Gasteiger partial charge in [-0.3, -0.25) is 9.97 Å². The van der Waals surface area contributed by atoms with Crippen LogP contribution in [0.15, 0.2) is 60.9 Å². The minimum Gasteiger partial charge on any atom is -0.491 e. The van der Waals surface area contributed by atoms with Crippen molar-refractivity contribution >= 4 is 43.6 Å². The smallest absolute Gasteiger partial charge is 0.121 e. The fraction of sp³-hybridized carbons (Fsp3) is 0.450. The Morgan fingerprint density at radius 1 is 0.622 bits per heavy atom. The summed E-state index contributed by atoms with van der Waals surface area (Å²) in [5.41, 5.74) is 8.30. The van der Waals surface area contributed by atoms with Crippen LogP contribution in [0.5, 0.6) is 5.75 Å². The zero-order valence-corrected chi connectivity index (χ0v) is 28.2. The van der Waals surface area contributed by atoms with Crippen LogP contribution in [-0.4, -0.2) is 25.2 Å². The van der Waals surface area contributed by atoms with Crippen LogP contribution < -0.4 is 4.74 Å². The standard InChI is InChI=1S/C40H50N4O/c1-7-8-9-10-11-12-13-14-15-16-38(43-36-25-28(4)17-19-32(36)34-21-23-41-29(5)39(34)43)44-37-26-31(45-27(2)3)18-20-33(37)35-22-24-42-30(6)40(35)44/h17-27,38H,7-16H2,1-6H3. The van der Waals surface area contributed by atoms with Crippen molar-refractivity contribution in [3.05, 3.63) is 77.9 Å². The highest BCUT2D eigenvalue weighted by molar-refractivity contribution is 6.11. The Morgan fingerprint density at radius 2 is 1.16 bits per heavy atom. The number of hydrogen-bond donors (Lipinski definition) is 0. The summed E-state index contributed by atoms with van der Waals surface area (Å²) < 4.78 is 11.4. The molecule has 1 unspecified atom stereocenters. The van der Waals surface area contributed by atoms with Gasteiger partial charge in [0.05, 0.1) is 39.6 Å². The maximum atomic E-state index is 6.26. The van der Waals surface area contributed by atoms with Crippen LogP contribution in [-0.2, 0) is 0 Å². The molecule has 0 amide bonds. The third kappa shape index (κ3) is 6.19. The molecule has 4 aromatic heterocycles. The number of fused-ring (bicyclic) bond motifs is 6. The van der Waals surface area contributed by atoms with Crippen molar-refractivity contribution in [3.63, 3.8) is 0 Å². The third-order valence-corrected chi connectivity index (χ3v) is 9.45. The van der Waals surface area contributed by atoms with Gasteiger partial charge in [-0.2, -0.15) is 0 Å². The molecule has 0 spiro atoms. The van der Waals surface area contributed by atoms with E-state index in [0.717, 1.165) is 30.0 Å². The predicted octanol–water partition coefficient (Wildman–Crippen LogP) is 11.4. The summed E-state index contributed by atoms with van der Waals surface area (Å²) in [5, 5.41) is 5.06. The van der Waals surface area contributed by atoms with E-state index in [-0.39, 0.29) is 12.3 Å². The number of hydrogen-bond acceptors (Lipinski definition) is 3. The summed E-state index contributed by atoms with van der Waals surface area (Å²) in [6, 6.07) is 17.9. The molecule has 0 aliphatic heterocycles. The zero-order valence-electron chi connectivity index (χ0n) is 28.2. The lowest BCUT2D eigenvalue weighted by atomic mass is 10.1. The second-order valence-electron chi connectivity index (χ2n) is 13.3. The molecule has 45 heavy (non-hydrogen) atoms. The van der Waals surface area contributed by atoms with Crippen LogP contribution in [0.1, 0.15) is 108 Å². The fourth-order valence-corrected chi connectivity index (χ4v) is 7.38. The van der Waals surface area contributed by atoms with Gasteiger partial charge in [-0.05, 0) is 83.4 Å². The monoisotopic (exact) mass is 602 g/mol. The number of ether oxygens (including phenoxy) is 1. The first-order valence-electron chi connectivity index (χ1n) is 17.3. The molecule has 0 fully saturated rings. The van der Waals surface area contributed by atoms with Gasteiger partial charge in [0.15, 0.2) is 0 Å². The van der Waals surface area contributed by atoms with Gasteiger partial charge in [-0.15, -0.1) is 0 Å². The molecular formula is C40H50N4O. The Bertz CT molecular complexity index is 1930. The van der Waals surface area contributed by atoms with Gasteiger partial charge in [-0.1, -0.05) is 70.4 Å². The number of unbranched alkanes of at least 4 members (excludes halogenated alkanes) is 8. The molecule has 4 heterocycles. The van der Waals surface area contributed by atoms with Gasteiger partial charge in [-0.25, -0.2) is 0 Å². The molecule has 1 atom stereocenters. The van der Waals surface area contributed by atoms with Gasteiger partial charge in [0.25, 0.3) is 0 Å². The number of rotatable bonds is 14. The summed E-state index contributed by atoms with van der Waals surface area (Å²) in [6.07, 6.45) is 16.9. The van der Waals surface area contributed by atoms with Crippen molar-refractivity contribution < 1.29 is 4.74 Å². The molecule has 0 radical (unpaired) electrons. The summed E-state index contributed by atoms with van der Waals surface area (Å²) >= 11 is 0.